The van der Waals surface area contributed by atoms with Crippen molar-refractivity contribution < 1.29 is 0 Å². The number of halogens is 3. The first-order valence-corrected chi connectivity index (χ1v) is 9.93. The first kappa shape index (κ1) is 18.7. The Labute approximate surface area is 167 Å². The lowest BCUT2D eigenvalue weighted by molar-refractivity contribution is 0.624. The van der Waals surface area contributed by atoms with E-state index in [1.54, 1.807) is 24.0 Å². The number of hydrogen-bond acceptors (Lipinski definition) is 2. The molecule has 6 heteroatoms. The minimum Gasteiger partial charge on any atom is -0.336 e. The fourth-order valence-electron chi connectivity index (χ4n) is 2.55. The Morgan fingerprint density at radius 1 is 1.00 bits per heavy atom. The number of thioether (sulfide) groups is 1. The van der Waals surface area contributed by atoms with Crippen molar-refractivity contribution in [1.82, 2.24) is 9.55 Å². The molecule has 1 aromatic heterocycles. The van der Waals surface area contributed by atoms with Gasteiger partial charge in [-0.1, -0.05) is 46.9 Å². The van der Waals surface area contributed by atoms with E-state index in [9.17, 15) is 0 Å². The molecule has 25 heavy (non-hydrogen) atoms. The van der Waals surface area contributed by atoms with Crippen LogP contribution in [0.2, 0.25) is 15.1 Å². The standard InChI is InChI=1S/C19H17Cl3N2S/c20-15-4-1-14(2-5-15)3-7-17(12-24-10-9-23-13-24)25-19-8-6-16(21)11-18(19)22/h1-2,4-6,8-11,13,17H,3,7,12H2. The molecule has 3 rings (SSSR count). The highest BCUT2D eigenvalue weighted by molar-refractivity contribution is 8.00. The molecule has 1 atom stereocenters. The van der Waals surface area contributed by atoms with Gasteiger partial charge in [0.25, 0.3) is 0 Å². The third-order valence-corrected chi connectivity index (χ3v) is 6.07. The van der Waals surface area contributed by atoms with Gasteiger partial charge in [-0.2, -0.15) is 0 Å². The number of nitrogens with zero attached hydrogens (tertiary/aromatic N) is 2. The molecule has 0 N–H and O–H groups in total. The second-order valence-corrected chi connectivity index (χ2v) is 8.36. The third kappa shape index (κ3) is 5.68. The van der Waals surface area contributed by atoms with Crippen LogP contribution in [0.25, 0.3) is 0 Å². The molecule has 0 saturated carbocycles. The van der Waals surface area contributed by atoms with Crippen molar-refractivity contribution in [2.45, 2.75) is 29.5 Å². The number of imidazole rings is 1. The number of aromatic nitrogens is 2. The Balaban J connectivity index is 1.71. The molecule has 130 valence electrons. The number of hydrogen-bond donors (Lipinski definition) is 0. The molecule has 3 aromatic rings. The van der Waals surface area contributed by atoms with E-state index >= 15 is 0 Å². The van der Waals surface area contributed by atoms with Crippen LogP contribution in [0.15, 0.2) is 66.1 Å². The highest BCUT2D eigenvalue weighted by Crippen LogP contribution is 2.34. The summed E-state index contributed by atoms with van der Waals surface area (Å²) >= 11 is 20.1. The molecule has 0 fully saturated rings. The lowest BCUT2D eigenvalue weighted by Crippen LogP contribution is -2.13. The minimum absolute atomic E-state index is 0.364. The molecule has 2 aromatic carbocycles. The normalized spacial score (nSPS) is 12.3. The average molecular weight is 412 g/mol. The summed E-state index contributed by atoms with van der Waals surface area (Å²) < 4.78 is 2.10. The van der Waals surface area contributed by atoms with E-state index in [2.05, 4.69) is 21.7 Å². The van der Waals surface area contributed by atoms with Crippen LogP contribution in [0.4, 0.5) is 0 Å². The number of aryl methyl sites for hydroxylation is 1. The fraction of sp³-hybridized carbons (Fsp3) is 0.211. The molecule has 0 amide bonds. The van der Waals surface area contributed by atoms with Gasteiger partial charge in [0.15, 0.2) is 0 Å². The summed E-state index contributed by atoms with van der Waals surface area (Å²) in [5.74, 6) is 0. The van der Waals surface area contributed by atoms with Crippen LogP contribution in [0.3, 0.4) is 0 Å². The first-order valence-electron chi connectivity index (χ1n) is 7.92. The number of rotatable bonds is 7. The third-order valence-electron chi connectivity index (χ3n) is 3.83. The molecule has 0 aliphatic rings. The predicted octanol–water partition coefficient (Wildman–Crippen LogP) is 6.64. The van der Waals surface area contributed by atoms with Gasteiger partial charge in [-0.25, -0.2) is 4.98 Å². The van der Waals surface area contributed by atoms with Crippen LogP contribution in [0, 0.1) is 0 Å². The largest absolute Gasteiger partial charge is 0.336 e. The topological polar surface area (TPSA) is 17.8 Å². The van der Waals surface area contributed by atoms with E-state index in [0.717, 1.165) is 29.3 Å². The summed E-state index contributed by atoms with van der Waals surface area (Å²) in [7, 11) is 0. The average Bonchev–Trinajstić information content (AvgIpc) is 3.09. The predicted molar refractivity (Wildman–Crippen MR) is 108 cm³/mol. The lowest BCUT2D eigenvalue weighted by Gasteiger charge is -2.18. The molecule has 0 bridgehead atoms. The Kier molecular flexibility index (Phi) is 6.71. The van der Waals surface area contributed by atoms with Crippen molar-refractivity contribution in [2.24, 2.45) is 0 Å². The zero-order valence-corrected chi connectivity index (χ0v) is 16.5. The molecule has 0 radical (unpaired) electrons. The van der Waals surface area contributed by atoms with Crippen molar-refractivity contribution in [3.05, 3.63) is 81.8 Å². The fourth-order valence-corrected chi connectivity index (χ4v) is 4.37. The van der Waals surface area contributed by atoms with Crippen LogP contribution in [-0.2, 0) is 13.0 Å². The van der Waals surface area contributed by atoms with Gasteiger partial charge in [-0.15, -0.1) is 11.8 Å². The van der Waals surface area contributed by atoms with Crippen molar-refractivity contribution in [3.63, 3.8) is 0 Å². The molecule has 0 aliphatic heterocycles. The Morgan fingerprint density at radius 3 is 2.44 bits per heavy atom. The van der Waals surface area contributed by atoms with Crippen molar-refractivity contribution in [3.8, 4) is 0 Å². The Hall–Kier alpha value is -1.13. The van der Waals surface area contributed by atoms with Crippen LogP contribution in [0.1, 0.15) is 12.0 Å². The minimum atomic E-state index is 0.364. The van der Waals surface area contributed by atoms with Gasteiger partial charge in [0.2, 0.25) is 0 Å². The SMILES string of the molecule is Clc1ccc(CCC(Cn2ccnc2)Sc2ccc(Cl)cc2Cl)cc1. The highest BCUT2D eigenvalue weighted by Gasteiger charge is 2.14. The van der Waals surface area contributed by atoms with Crippen molar-refractivity contribution >= 4 is 46.6 Å². The van der Waals surface area contributed by atoms with E-state index in [4.69, 9.17) is 34.8 Å². The van der Waals surface area contributed by atoms with Gasteiger partial charge >= 0.3 is 0 Å². The first-order chi connectivity index (χ1) is 12.1. The quantitative estimate of drug-likeness (QED) is 0.406. The number of benzene rings is 2. The van der Waals surface area contributed by atoms with Gasteiger partial charge in [0, 0.05) is 39.1 Å². The maximum Gasteiger partial charge on any atom is 0.0946 e. The van der Waals surface area contributed by atoms with E-state index < -0.39 is 0 Å². The summed E-state index contributed by atoms with van der Waals surface area (Å²) in [5, 5.41) is 2.48. The van der Waals surface area contributed by atoms with Gasteiger partial charge < -0.3 is 4.57 Å². The smallest absolute Gasteiger partial charge is 0.0946 e. The molecule has 1 unspecified atom stereocenters. The van der Waals surface area contributed by atoms with E-state index in [1.807, 2.05) is 36.8 Å². The van der Waals surface area contributed by atoms with Crippen LogP contribution in [-0.4, -0.2) is 14.8 Å². The van der Waals surface area contributed by atoms with Crippen molar-refractivity contribution in [1.29, 1.82) is 0 Å². The van der Waals surface area contributed by atoms with Gasteiger partial charge in [0.05, 0.1) is 11.3 Å². The van der Waals surface area contributed by atoms with Crippen LogP contribution in [0.5, 0.6) is 0 Å². The van der Waals surface area contributed by atoms with Crippen LogP contribution < -0.4 is 0 Å². The van der Waals surface area contributed by atoms with Gasteiger partial charge in [0.1, 0.15) is 0 Å². The monoisotopic (exact) mass is 410 g/mol. The highest BCUT2D eigenvalue weighted by atomic mass is 35.5. The molecular formula is C19H17Cl3N2S. The van der Waals surface area contributed by atoms with E-state index in [-0.39, 0.29) is 0 Å². The molecular weight excluding hydrogens is 395 g/mol. The van der Waals surface area contributed by atoms with Gasteiger partial charge in [-0.3, -0.25) is 0 Å². The Bertz CT molecular complexity index is 804. The molecule has 2 nitrogen and oxygen atoms in total. The summed E-state index contributed by atoms with van der Waals surface area (Å²) in [6.45, 7) is 0.872. The summed E-state index contributed by atoms with van der Waals surface area (Å²) in [6.07, 6.45) is 7.63. The maximum atomic E-state index is 6.35. The zero-order valence-electron chi connectivity index (χ0n) is 13.4. The van der Waals surface area contributed by atoms with E-state index in [1.165, 1.54) is 5.56 Å². The summed E-state index contributed by atoms with van der Waals surface area (Å²) in [5.41, 5.74) is 1.28. The second-order valence-electron chi connectivity index (χ2n) is 5.74. The second kappa shape index (κ2) is 9.00. The van der Waals surface area contributed by atoms with E-state index in [0.29, 0.717) is 15.3 Å². The van der Waals surface area contributed by atoms with Crippen molar-refractivity contribution in [2.75, 3.05) is 0 Å². The molecule has 0 aliphatic carbocycles. The summed E-state index contributed by atoms with van der Waals surface area (Å²) in [6, 6.07) is 13.7. The summed E-state index contributed by atoms with van der Waals surface area (Å²) in [4.78, 5) is 5.18. The lowest BCUT2D eigenvalue weighted by atomic mass is 10.1. The maximum absolute atomic E-state index is 6.35. The van der Waals surface area contributed by atoms with Gasteiger partial charge in [-0.05, 0) is 48.7 Å². The molecule has 0 saturated heterocycles. The molecule has 1 heterocycles. The zero-order chi connectivity index (χ0) is 17.6. The van der Waals surface area contributed by atoms with Crippen LogP contribution >= 0.6 is 46.6 Å². The Morgan fingerprint density at radius 2 is 1.76 bits per heavy atom. The molecule has 0 spiro atoms.